The number of anilines is 2. The number of nitrogens with zero attached hydrogens (tertiary/aromatic N) is 4. The van der Waals surface area contributed by atoms with Crippen LogP contribution in [-0.4, -0.2) is 31.2 Å². The van der Waals surface area contributed by atoms with E-state index in [1.807, 2.05) is 5.38 Å². The maximum atomic E-state index is 14.0. The van der Waals surface area contributed by atoms with Crippen LogP contribution < -0.4 is 9.80 Å². The third-order valence-corrected chi connectivity index (χ3v) is 4.26. The molecule has 0 bridgehead atoms. The SMILES string of the molecule is N#Cc1cc(F)c(N2CCN(c3nccs3)CC2)c(F)c1. The number of halogens is 2. The average Bonchev–Trinajstić information content (AvgIpc) is 3.01. The highest BCUT2D eigenvalue weighted by Crippen LogP contribution is 2.27. The van der Waals surface area contributed by atoms with E-state index in [0.717, 1.165) is 17.3 Å². The summed E-state index contributed by atoms with van der Waals surface area (Å²) in [5.41, 5.74) is -0.0528. The summed E-state index contributed by atoms with van der Waals surface area (Å²) >= 11 is 1.55. The fraction of sp³-hybridized carbons (Fsp3) is 0.286. The molecule has 0 spiro atoms. The number of aromatic nitrogens is 1. The summed E-state index contributed by atoms with van der Waals surface area (Å²) in [5.74, 6) is -1.37. The quantitative estimate of drug-likeness (QED) is 0.855. The smallest absolute Gasteiger partial charge is 0.185 e. The van der Waals surface area contributed by atoms with Crippen LogP contribution in [0.3, 0.4) is 0 Å². The molecule has 2 aromatic rings. The van der Waals surface area contributed by atoms with Crippen LogP contribution in [0.5, 0.6) is 0 Å². The Kier molecular flexibility index (Phi) is 3.71. The molecule has 1 aliphatic heterocycles. The van der Waals surface area contributed by atoms with Gasteiger partial charge in [0.15, 0.2) is 16.8 Å². The molecule has 1 saturated heterocycles. The molecule has 1 aromatic heterocycles. The fourth-order valence-electron chi connectivity index (χ4n) is 2.43. The van der Waals surface area contributed by atoms with E-state index in [4.69, 9.17) is 5.26 Å². The van der Waals surface area contributed by atoms with Gasteiger partial charge in [0.05, 0.1) is 11.6 Å². The minimum absolute atomic E-state index is 0.00447. The molecule has 2 heterocycles. The number of rotatable bonds is 2. The van der Waals surface area contributed by atoms with Crippen molar-refractivity contribution in [3.63, 3.8) is 0 Å². The lowest BCUT2D eigenvalue weighted by atomic mass is 10.1. The Morgan fingerprint density at radius 1 is 1.10 bits per heavy atom. The van der Waals surface area contributed by atoms with Crippen molar-refractivity contribution in [1.29, 1.82) is 5.26 Å². The second-order valence-corrected chi connectivity index (χ2v) is 5.56. The molecule has 1 aromatic carbocycles. The van der Waals surface area contributed by atoms with Gasteiger partial charge in [-0.15, -0.1) is 11.3 Å². The molecule has 7 heteroatoms. The Labute approximate surface area is 124 Å². The molecule has 0 amide bonds. The molecule has 3 rings (SSSR count). The highest BCUT2D eigenvalue weighted by atomic mass is 32.1. The normalized spacial score (nSPS) is 15.1. The van der Waals surface area contributed by atoms with Crippen molar-refractivity contribution in [2.75, 3.05) is 36.0 Å². The molecule has 108 valence electrons. The van der Waals surface area contributed by atoms with Crippen molar-refractivity contribution >= 4 is 22.2 Å². The van der Waals surface area contributed by atoms with Gasteiger partial charge in [-0.1, -0.05) is 0 Å². The van der Waals surface area contributed by atoms with Gasteiger partial charge in [-0.2, -0.15) is 5.26 Å². The van der Waals surface area contributed by atoms with Gasteiger partial charge < -0.3 is 9.80 Å². The van der Waals surface area contributed by atoms with Crippen molar-refractivity contribution in [3.8, 4) is 6.07 Å². The molecule has 1 aliphatic rings. The maximum absolute atomic E-state index is 14.0. The van der Waals surface area contributed by atoms with E-state index in [1.54, 1.807) is 28.5 Å². The molecule has 0 unspecified atom stereocenters. The van der Waals surface area contributed by atoms with Crippen molar-refractivity contribution in [3.05, 3.63) is 40.9 Å². The molecule has 0 saturated carbocycles. The lowest BCUT2D eigenvalue weighted by molar-refractivity contribution is 0.556. The Balaban J connectivity index is 1.77. The first kappa shape index (κ1) is 13.8. The summed E-state index contributed by atoms with van der Waals surface area (Å²) in [4.78, 5) is 8.01. The first-order valence-corrected chi connectivity index (χ1v) is 7.35. The summed E-state index contributed by atoms with van der Waals surface area (Å²) in [5, 5.41) is 11.5. The second-order valence-electron chi connectivity index (χ2n) is 4.69. The predicted octanol–water partition coefficient (Wildman–Crippen LogP) is 2.62. The van der Waals surface area contributed by atoms with Gasteiger partial charge >= 0.3 is 0 Å². The van der Waals surface area contributed by atoms with Gasteiger partial charge in [-0.3, -0.25) is 0 Å². The largest absolute Gasteiger partial charge is 0.363 e. The molecule has 0 aliphatic carbocycles. The van der Waals surface area contributed by atoms with E-state index in [1.165, 1.54) is 0 Å². The van der Waals surface area contributed by atoms with E-state index in [9.17, 15) is 8.78 Å². The van der Waals surface area contributed by atoms with Crippen LogP contribution in [0.15, 0.2) is 23.7 Å². The van der Waals surface area contributed by atoms with Crippen LogP contribution in [-0.2, 0) is 0 Å². The maximum Gasteiger partial charge on any atom is 0.185 e. The van der Waals surface area contributed by atoms with Crippen LogP contribution in [0.1, 0.15) is 5.56 Å². The molecule has 4 nitrogen and oxygen atoms in total. The standard InChI is InChI=1S/C14H12F2N4S/c15-11-7-10(9-17)8-12(16)13(11)19-2-4-20(5-3-19)14-18-1-6-21-14/h1,6-8H,2-5H2. The minimum Gasteiger partial charge on any atom is -0.363 e. The van der Waals surface area contributed by atoms with Crippen molar-refractivity contribution in [2.24, 2.45) is 0 Å². The molecule has 0 atom stereocenters. The van der Waals surface area contributed by atoms with Crippen molar-refractivity contribution in [1.82, 2.24) is 4.98 Å². The molecular weight excluding hydrogens is 294 g/mol. The van der Waals surface area contributed by atoms with E-state index in [2.05, 4.69) is 9.88 Å². The number of hydrogen-bond acceptors (Lipinski definition) is 5. The highest BCUT2D eigenvalue weighted by Gasteiger charge is 2.24. The lowest BCUT2D eigenvalue weighted by Gasteiger charge is -2.36. The molecule has 1 fully saturated rings. The Morgan fingerprint density at radius 2 is 1.71 bits per heavy atom. The van der Waals surface area contributed by atoms with Crippen LogP contribution >= 0.6 is 11.3 Å². The minimum atomic E-state index is -0.686. The average molecular weight is 306 g/mol. The molecule has 21 heavy (non-hydrogen) atoms. The zero-order valence-electron chi connectivity index (χ0n) is 11.1. The van der Waals surface area contributed by atoms with E-state index >= 15 is 0 Å². The van der Waals surface area contributed by atoms with E-state index in [0.29, 0.717) is 26.2 Å². The summed E-state index contributed by atoms with van der Waals surface area (Å²) in [6.45, 7) is 2.34. The third kappa shape index (κ3) is 2.67. The van der Waals surface area contributed by atoms with Gasteiger partial charge in [0.1, 0.15) is 5.69 Å². The summed E-state index contributed by atoms with van der Waals surface area (Å²) < 4.78 is 28.0. The summed E-state index contributed by atoms with van der Waals surface area (Å²) in [6.07, 6.45) is 1.74. The molecular formula is C14H12F2N4S. The van der Waals surface area contributed by atoms with Crippen LogP contribution in [0, 0.1) is 23.0 Å². The van der Waals surface area contributed by atoms with Crippen LogP contribution in [0.25, 0.3) is 0 Å². The van der Waals surface area contributed by atoms with Gasteiger partial charge in [0, 0.05) is 37.8 Å². The fourth-order valence-corrected chi connectivity index (χ4v) is 3.12. The monoisotopic (exact) mass is 306 g/mol. The van der Waals surface area contributed by atoms with Gasteiger partial charge in [-0.05, 0) is 12.1 Å². The summed E-state index contributed by atoms with van der Waals surface area (Å²) in [6, 6.07) is 3.90. The van der Waals surface area contributed by atoms with Crippen LogP contribution in [0.4, 0.5) is 19.6 Å². The molecule has 0 N–H and O–H groups in total. The first-order chi connectivity index (χ1) is 10.2. The van der Waals surface area contributed by atoms with E-state index in [-0.39, 0.29) is 11.3 Å². The second kappa shape index (κ2) is 5.66. The zero-order valence-corrected chi connectivity index (χ0v) is 11.9. The van der Waals surface area contributed by atoms with Gasteiger partial charge in [-0.25, -0.2) is 13.8 Å². The third-order valence-electron chi connectivity index (χ3n) is 3.43. The van der Waals surface area contributed by atoms with Crippen LogP contribution in [0.2, 0.25) is 0 Å². The Morgan fingerprint density at radius 3 is 2.24 bits per heavy atom. The Bertz CT molecular complexity index is 650. The summed E-state index contributed by atoms with van der Waals surface area (Å²) in [7, 11) is 0. The van der Waals surface area contributed by atoms with Gasteiger partial charge in [0.25, 0.3) is 0 Å². The van der Waals surface area contributed by atoms with E-state index < -0.39 is 11.6 Å². The van der Waals surface area contributed by atoms with Crippen molar-refractivity contribution in [2.45, 2.75) is 0 Å². The molecule has 0 radical (unpaired) electrons. The van der Waals surface area contributed by atoms with Gasteiger partial charge in [0.2, 0.25) is 0 Å². The Hall–Kier alpha value is -2.20. The number of nitriles is 1. The highest BCUT2D eigenvalue weighted by molar-refractivity contribution is 7.13. The number of hydrogen-bond donors (Lipinski definition) is 0. The first-order valence-electron chi connectivity index (χ1n) is 6.47. The number of benzene rings is 1. The number of piperazine rings is 1. The lowest BCUT2D eigenvalue weighted by Crippen LogP contribution is -2.47. The number of thiazole rings is 1. The van der Waals surface area contributed by atoms with Crippen molar-refractivity contribution < 1.29 is 8.78 Å². The zero-order chi connectivity index (χ0) is 14.8. The predicted molar refractivity (Wildman–Crippen MR) is 77.6 cm³/mol. The topological polar surface area (TPSA) is 43.2 Å².